The van der Waals surface area contributed by atoms with Crippen LogP contribution in [-0.4, -0.2) is 34.4 Å². The lowest BCUT2D eigenvalue weighted by molar-refractivity contribution is -0.153. The van der Waals surface area contributed by atoms with Crippen molar-refractivity contribution in [3.8, 4) is 0 Å². The molecule has 0 spiro atoms. The van der Waals surface area contributed by atoms with Crippen molar-refractivity contribution in [1.82, 2.24) is 0 Å². The predicted molar refractivity (Wildman–Crippen MR) is 86.9 cm³/mol. The Morgan fingerprint density at radius 2 is 2.05 bits per heavy atom. The fourth-order valence-corrected chi connectivity index (χ4v) is 3.23. The van der Waals surface area contributed by atoms with Crippen molar-refractivity contribution in [2.45, 2.75) is 48.9 Å². The summed E-state index contributed by atoms with van der Waals surface area (Å²) in [5.74, 6) is -0.344. The molecular weight excluding hydrogens is 385 g/mol. The van der Waals surface area contributed by atoms with E-state index in [9.17, 15) is 4.79 Å². The van der Waals surface area contributed by atoms with Gasteiger partial charge in [0.15, 0.2) is 6.10 Å². The molecule has 2 rings (SSSR count). The Morgan fingerprint density at radius 1 is 1.38 bits per heavy atom. The molecule has 1 aromatic carbocycles. The molecule has 1 saturated heterocycles. The number of carbonyl (C=O) groups excluding carboxylic acids is 1. The van der Waals surface area contributed by atoms with Gasteiger partial charge in [-0.05, 0) is 35.1 Å². The molecule has 0 aliphatic carbocycles. The second-order valence-corrected chi connectivity index (χ2v) is 6.37. The summed E-state index contributed by atoms with van der Waals surface area (Å²) in [4.78, 5) is 11.3. The number of ether oxygens (including phenoxy) is 3. The van der Waals surface area contributed by atoms with Crippen molar-refractivity contribution in [1.29, 1.82) is 0 Å². The number of hydrogen-bond acceptors (Lipinski definition) is 5. The third kappa shape index (κ3) is 4.38. The zero-order valence-electron chi connectivity index (χ0n) is 12.1. The lowest BCUT2D eigenvalue weighted by Crippen LogP contribution is -2.44. The number of rotatable bonds is 5. The van der Waals surface area contributed by atoms with Crippen LogP contribution in [0.15, 0.2) is 30.3 Å². The van der Waals surface area contributed by atoms with E-state index in [-0.39, 0.29) is 28.3 Å². The molecule has 21 heavy (non-hydrogen) atoms. The van der Waals surface area contributed by atoms with Crippen LogP contribution in [0.25, 0.3) is 0 Å². The van der Waals surface area contributed by atoms with Crippen molar-refractivity contribution in [2.75, 3.05) is 0 Å². The highest BCUT2D eigenvalue weighted by Crippen LogP contribution is 2.32. The van der Waals surface area contributed by atoms with Gasteiger partial charge in [-0.15, -0.1) is 0 Å². The number of esters is 1. The van der Waals surface area contributed by atoms with Crippen molar-refractivity contribution in [3.63, 3.8) is 0 Å². The van der Waals surface area contributed by atoms with E-state index >= 15 is 0 Å². The fraction of sp³-hybridized carbons (Fsp3) is 0.533. The molecule has 1 aromatic rings. The Kier molecular flexibility index (Phi) is 5.98. The van der Waals surface area contributed by atoms with E-state index in [1.54, 1.807) is 0 Å². The standard InChI is InChI=1S/C15H20INO4/c1-9(17)12-13(14(15(16)21-12)20-10(2)18)19-8-11-6-4-3-5-7-11/h3-7,9,12-15H,8,17H2,1-2H3. The van der Waals surface area contributed by atoms with E-state index < -0.39 is 6.10 Å². The summed E-state index contributed by atoms with van der Waals surface area (Å²) in [6.07, 6.45) is -1.10. The summed E-state index contributed by atoms with van der Waals surface area (Å²) in [6, 6.07) is 9.63. The normalized spacial score (nSPS) is 30.1. The average molecular weight is 405 g/mol. The number of alkyl halides is 1. The second-order valence-electron chi connectivity index (χ2n) is 5.15. The van der Waals surface area contributed by atoms with Crippen molar-refractivity contribution in [3.05, 3.63) is 35.9 Å². The van der Waals surface area contributed by atoms with Crippen LogP contribution in [0, 0.1) is 0 Å². The van der Waals surface area contributed by atoms with Crippen LogP contribution in [0.4, 0.5) is 0 Å². The van der Waals surface area contributed by atoms with Gasteiger partial charge in [0.05, 0.1) is 6.61 Å². The van der Waals surface area contributed by atoms with Crippen molar-refractivity contribution < 1.29 is 19.0 Å². The minimum absolute atomic E-state index is 0.205. The zero-order chi connectivity index (χ0) is 15.4. The number of carbonyl (C=O) groups is 1. The van der Waals surface area contributed by atoms with E-state index in [2.05, 4.69) is 22.6 Å². The lowest BCUT2D eigenvalue weighted by Gasteiger charge is -2.25. The van der Waals surface area contributed by atoms with Crippen molar-refractivity contribution >= 4 is 28.6 Å². The molecule has 0 aromatic heterocycles. The number of hydrogen-bond donors (Lipinski definition) is 1. The molecule has 0 amide bonds. The number of benzene rings is 1. The average Bonchev–Trinajstić information content (AvgIpc) is 2.74. The quantitative estimate of drug-likeness (QED) is 0.461. The Hall–Kier alpha value is -0.700. The van der Waals surface area contributed by atoms with Gasteiger partial charge in [-0.3, -0.25) is 4.79 Å². The lowest BCUT2D eigenvalue weighted by atomic mass is 10.1. The van der Waals surface area contributed by atoms with E-state index in [0.717, 1.165) is 5.56 Å². The Labute approximate surface area is 138 Å². The van der Waals surface area contributed by atoms with Crippen LogP contribution < -0.4 is 5.73 Å². The maximum Gasteiger partial charge on any atom is 0.303 e. The van der Waals surface area contributed by atoms with Gasteiger partial charge < -0.3 is 19.9 Å². The molecule has 116 valence electrons. The fourth-order valence-electron chi connectivity index (χ4n) is 2.33. The van der Waals surface area contributed by atoms with Crippen LogP contribution in [0.3, 0.4) is 0 Å². The Bertz CT molecular complexity index is 468. The summed E-state index contributed by atoms with van der Waals surface area (Å²) in [7, 11) is 0. The minimum Gasteiger partial charge on any atom is -0.456 e. The van der Waals surface area contributed by atoms with Crippen LogP contribution >= 0.6 is 22.6 Å². The molecule has 1 fully saturated rings. The summed E-state index contributed by atoms with van der Waals surface area (Å²) in [6.45, 7) is 3.68. The molecule has 6 heteroatoms. The highest BCUT2D eigenvalue weighted by atomic mass is 127. The molecule has 0 bridgehead atoms. The molecule has 5 nitrogen and oxygen atoms in total. The molecule has 1 aliphatic rings. The Morgan fingerprint density at radius 3 is 2.62 bits per heavy atom. The first kappa shape index (κ1) is 16.7. The highest BCUT2D eigenvalue weighted by Gasteiger charge is 2.47. The Balaban J connectivity index is 2.07. The van der Waals surface area contributed by atoms with Gasteiger partial charge in [0.1, 0.15) is 16.3 Å². The largest absolute Gasteiger partial charge is 0.456 e. The van der Waals surface area contributed by atoms with Crippen LogP contribution in [0.5, 0.6) is 0 Å². The predicted octanol–water partition coefficient (Wildman–Crippen LogP) is 2.01. The first-order chi connectivity index (χ1) is 9.99. The summed E-state index contributed by atoms with van der Waals surface area (Å²) < 4.78 is 16.8. The molecule has 0 radical (unpaired) electrons. The van der Waals surface area contributed by atoms with E-state index in [1.807, 2.05) is 37.3 Å². The summed E-state index contributed by atoms with van der Waals surface area (Å²) >= 11 is 2.11. The summed E-state index contributed by atoms with van der Waals surface area (Å²) in [5.41, 5.74) is 7.02. The molecule has 1 aliphatic heterocycles. The third-order valence-corrected chi connectivity index (χ3v) is 4.30. The van der Waals surface area contributed by atoms with E-state index in [4.69, 9.17) is 19.9 Å². The molecule has 5 unspecified atom stereocenters. The van der Waals surface area contributed by atoms with Crippen LogP contribution in [-0.2, 0) is 25.6 Å². The van der Waals surface area contributed by atoms with Gasteiger partial charge in [-0.1, -0.05) is 30.3 Å². The third-order valence-electron chi connectivity index (χ3n) is 3.30. The van der Waals surface area contributed by atoms with Gasteiger partial charge in [-0.25, -0.2) is 0 Å². The molecule has 2 N–H and O–H groups in total. The first-order valence-corrected chi connectivity index (χ1v) is 8.11. The second kappa shape index (κ2) is 7.53. The van der Waals surface area contributed by atoms with E-state index in [0.29, 0.717) is 6.61 Å². The minimum atomic E-state index is -0.442. The zero-order valence-corrected chi connectivity index (χ0v) is 14.2. The maximum atomic E-state index is 11.3. The highest BCUT2D eigenvalue weighted by molar-refractivity contribution is 14.1. The monoisotopic (exact) mass is 405 g/mol. The molecule has 0 saturated carbocycles. The topological polar surface area (TPSA) is 70.8 Å². The number of halogens is 1. The van der Waals surface area contributed by atoms with Gasteiger partial charge in [0, 0.05) is 13.0 Å². The van der Waals surface area contributed by atoms with Gasteiger partial charge in [0.2, 0.25) is 0 Å². The van der Waals surface area contributed by atoms with Gasteiger partial charge >= 0.3 is 5.97 Å². The molecular formula is C15H20INO4. The number of nitrogens with two attached hydrogens (primary N) is 1. The SMILES string of the molecule is CC(=O)OC1C(I)OC(C(C)N)C1OCc1ccccc1. The van der Waals surface area contributed by atoms with Crippen molar-refractivity contribution in [2.24, 2.45) is 5.73 Å². The van der Waals surface area contributed by atoms with E-state index in [1.165, 1.54) is 6.92 Å². The maximum absolute atomic E-state index is 11.3. The molecule has 5 atom stereocenters. The molecule has 1 heterocycles. The van der Waals surface area contributed by atoms with Crippen LogP contribution in [0.2, 0.25) is 0 Å². The van der Waals surface area contributed by atoms with Crippen LogP contribution in [0.1, 0.15) is 19.4 Å². The van der Waals surface area contributed by atoms with Gasteiger partial charge in [-0.2, -0.15) is 0 Å². The first-order valence-electron chi connectivity index (χ1n) is 6.87. The smallest absolute Gasteiger partial charge is 0.303 e. The summed E-state index contributed by atoms with van der Waals surface area (Å²) in [5, 5.41) is 0. The van der Waals surface area contributed by atoms with Gasteiger partial charge in [0.25, 0.3) is 0 Å².